The molecular formula is C37H63O8P. The van der Waals surface area contributed by atoms with Crippen LogP contribution in [-0.4, -0.2) is 41.0 Å². The lowest BCUT2D eigenvalue weighted by atomic mass is 10.1. The maximum atomic E-state index is 12.3. The molecule has 0 unspecified atom stereocenters. The molecule has 9 heteroatoms. The second-order valence-corrected chi connectivity index (χ2v) is 12.7. The molecule has 8 nitrogen and oxygen atoms in total. The predicted octanol–water partition coefficient (Wildman–Crippen LogP) is 10.2. The molecule has 264 valence electrons. The summed E-state index contributed by atoms with van der Waals surface area (Å²) in [4.78, 5) is 42.5. The average molecular weight is 667 g/mol. The van der Waals surface area contributed by atoms with Crippen molar-refractivity contribution in [1.29, 1.82) is 0 Å². The summed E-state index contributed by atoms with van der Waals surface area (Å²) in [6.07, 6.45) is 39.5. The first-order valence-electron chi connectivity index (χ1n) is 17.6. The molecule has 0 aromatic heterocycles. The average Bonchev–Trinajstić information content (AvgIpc) is 3.02. The molecular weight excluding hydrogens is 603 g/mol. The molecule has 0 aromatic rings. The number of esters is 2. The van der Waals surface area contributed by atoms with Gasteiger partial charge >= 0.3 is 19.8 Å². The minimum absolute atomic E-state index is 0.171. The fraction of sp³-hybridized carbons (Fsp3) is 0.676. The summed E-state index contributed by atoms with van der Waals surface area (Å²) >= 11 is 0. The van der Waals surface area contributed by atoms with Crippen molar-refractivity contribution in [2.45, 2.75) is 148 Å². The molecule has 0 aliphatic rings. The molecule has 0 saturated carbocycles. The van der Waals surface area contributed by atoms with Gasteiger partial charge in [-0.2, -0.15) is 0 Å². The molecule has 1 atom stereocenters. The molecule has 0 radical (unpaired) electrons. The fourth-order valence-corrected chi connectivity index (χ4v) is 4.82. The summed E-state index contributed by atoms with van der Waals surface area (Å²) in [6.45, 7) is 3.49. The number of allylic oxidation sites excluding steroid dienone is 10. The summed E-state index contributed by atoms with van der Waals surface area (Å²) in [5.41, 5.74) is 0. The normalized spacial score (nSPS) is 13.2. The van der Waals surface area contributed by atoms with Crippen LogP contribution in [0.2, 0.25) is 0 Å². The van der Waals surface area contributed by atoms with Crippen LogP contribution < -0.4 is 0 Å². The van der Waals surface area contributed by atoms with Gasteiger partial charge in [0.2, 0.25) is 0 Å². The predicted molar refractivity (Wildman–Crippen MR) is 188 cm³/mol. The van der Waals surface area contributed by atoms with Gasteiger partial charge in [0, 0.05) is 12.8 Å². The maximum Gasteiger partial charge on any atom is 0.469 e. The third-order valence-electron chi connectivity index (χ3n) is 7.05. The smallest absolute Gasteiger partial charge is 0.462 e. The Labute approximate surface area is 279 Å². The van der Waals surface area contributed by atoms with Crippen LogP contribution in [0, 0.1) is 0 Å². The number of hydrogen-bond donors (Lipinski definition) is 2. The van der Waals surface area contributed by atoms with Crippen molar-refractivity contribution in [3.8, 4) is 0 Å². The topological polar surface area (TPSA) is 119 Å². The van der Waals surface area contributed by atoms with Gasteiger partial charge < -0.3 is 19.3 Å². The number of carbonyl (C=O) groups excluding carboxylic acids is 2. The number of carbonyl (C=O) groups is 2. The van der Waals surface area contributed by atoms with Gasteiger partial charge in [0.05, 0.1) is 6.61 Å². The van der Waals surface area contributed by atoms with Gasteiger partial charge in [0.15, 0.2) is 6.10 Å². The van der Waals surface area contributed by atoms with Gasteiger partial charge in [-0.05, 0) is 57.8 Å². The number of rotatable bonds is 31. The standard InChI is InChI=1S/C37H63O8P/c1-3-5-7-9-11-13-14-15-16-17-18-19-20-21-22-24-26-28-30-32-37(39)45-35(34-44-46(40,41)42)33-43-36(38)31-29-27-25-23-12-10-8-6-4-2/h5,7,11,13,15-16,18-19,21-22,35H,3-4,6,8-10,12,14,17,20,23-34H2,1-2H3,(H2,40,41,42)/b7-5+,13-11+,16-15+,19-18+,22-21+/t35-/m1/s1. The molecule has 0 bridgehead atoms. The van der Waals surface area contributed by atoms with Crippen LogP contribution in [0.15, 0.2) is 60.8 Å². The minimum atomic E-state index is -4.76. The number of hydrogen-bond acceptors (Lipinski definition) is 6. The second-order valence-electron chi connectivity index (χ2n) is 11.5. The van der Waals surface area contributed by atoms with Gasteiger partial charge in [-0.1, -0.05) is 132 Å². The molecule has 0 heterocycles. The lowest BCUT2D eigenvalue weighted by Gasteiger charge is -2.18. The molecule has 46 heavy (non-hydrogen) atoms. The van der Waals surface area contributed by atoms with Crippen LogP contribution in [0.4, 0.5) is 0 Å². The van der Waals surface area contributed by atoms with E-state index in [1.54, 1.807) is 0 Å². The van der Waals surface area contributed by atoms with E-state index in [2.05, 4.69) is 79.1 Å². The Morgan fingerprint density at radius 2 is 1.04 bits per heavy atom. The monoisotopic (exact) mass is 666 g/mol. The van der Waals surface area contributed by atoms with Crippen molar-refractivity contribution in [2.75, 3.05) is 13.2 Å². The highest BCUT2D eigenvalue weighted by Gasteiger charge is 2.22. The van der Waals surface area contributed by atoms with Crippen molar-refractivity contribution >= 4 is 19.8 Å². The summed E-state index contributed by atoms with van der Waals surface area (Å²) in [5, 5.41) is 0. The molecule has 0 rings (SSSR count). The van der Waals surface area contributed by atoms with E-state index in [0.29, 0.717) is 6.42 Å². The summed E-state index contributed by atoms with van der Waals surface area (Å²) in [6, 6.07) is 0. The van der Waals surface area contributed by atoms with Crippen LogP contribution in [0.3, 0.4) is 0 Å². The highest BCUT2D eigenvalue weighted by atomic mass is 31.2. The van der Waals surface area contributed by atoms with E-state index in [0.717, 1.165) is 70.6 Å². The van der Waals surface area contributed by atoms with Crippen LogP contribution in [0.25, 0.3) is 0 Å². The van der Waals surface area contributed by atoms with Crippen LogP contribution in [0.1, 0.15) is 142 Å². The van der Waals surface area contributed by atoms with Gasteiger partial charge in [0.25, 0.3) is 0 Å². The first kappa shape index (κ1) is 43.8. The van der Waals surface area contributed by atoms with Crippen molar-refractivity contribution < 1.29 is 37.9 Å². The number of ether oxygens (including phenoxy) is 2. The summed E-state index contributed by atoms with van der Waals surface area (Å²) in [7, 11) is -4.76. The quantitative estimate of drug-likeness (QED) is 0.0325. The van der Waals surface area contributed by atoms with E-state index in [4.69, 9.17) is 19.3 Å². The lowest BCUT2D eigenvalue weighted by molar-refractivity contribution is -0.161. The molecule has 0 amide bonds. The van der Waals surface area contributed by atoms with E-state index in [1.807, 2.05) is 0 Å². The van der Waals surface area contributed by atoms with Crippen molar-refractivity contribution in [3.63, 3.8) is 0 Å². The van der Waals surface area contributed by atoms with Gasteiger partial charge in [-0.25, -0.2) is 4.57 Å². The van der Waals surface area contributed by atoms with Crippen molar-refractivity contribution in [2.24, 2.45) is 0 Å². The first-order valence-corrected chi connectivity index (χ1v) is 19.1. The summed E-state index contributed by atoms with van der Waals surface area (Å²) in [5.74, 6) is -0.931. The van der Waals surface area contributed by atoms with E-state index >= 15 is 0 Å². The van der Waals surface area contributed by atoms with Gasteiger partial charge in [0.1, 0.15) is 6.61 Å². The Morgan fingerprint density at radius 3 is 1.57 bits per heavy atom. The van der Waals surface area contributed by atoms with Crippen LogP contribution >= 0.6 is 7.82 Å². The number of phosphoric ester groups is 1. The lowest BCUT2D eigenvalue weighted by Crippen LogP contribution is -2.29. The zero-order chi connectivity index (χ0) is 34.0. The highest BCUT2D eigenvalue weighted by Crippen LogP contribution is 2.35. The fourth-order valence-electron chi connectivity index (χ4n) is 4.46. The Kier molecular flexibility index (Phi) is 31.1. The Balaban J connectivity index is 4.07. The molecule has 0 aliphatic carbocycles. The summed E-state index contributed by atoms with van der Waals surface area (Å²) < 4.78 is 26.2. The zero-order valence-electron chi connectivity index (χ0n) is 28.7. The molecule has 0 saturated heterocycles. The Bertz CT molecular complexity index is 932. The molecule has 0 aromatic carbocycles. The third kappa shape index (κ3) is 34.6. The van der Waals surface area contributed by atoms with E-state index in [1.165, 1.54) is 38.5 Å². The largest absolute Gasteiger partial charge is 0.469 e. The molecule has 0 aliphatic heterocycles. The van der Waals surface area contributed by atoms with E-state index < -0.39 is 32.5 Å². The zero-order valence-corrected chi connectivity index (χ0v) is 29.6. The van der Waals surface area contributed by atoms with Gasteiger partial charge in [-0.15, -0.1) is 0 Å². The molecule has 2 N–H and O–H groups in total. The second kappa shape index (κ2) is 32.7. The maximum absolute atomic E-state index is 12.3. The molecule has 0 spiro atoms. The van der Waals surface area contributed by atoms with E-state index in [9.17, 15) is 14.2 Å². The highest BCUT2D eigenvalue weighted by molar-refractivity contribution is 7.46. The SMILES string of the molecule is CC/C=C/C/C=C/C/C=C/C/C=C/C/C=C/CCCCCC(=O)O[C@H](COC(=O)CCCCCCCCCCC)COP(=O)(O)O. The molecule has 0 fully saturated rings. The van der Waals surface area contributed by atoms with Crippen molar-refractivity contribution in [1.82, 2.24) is 0 Å². The Hall–Kier alpha value is -2.25. The minimum Gasteiger partial charge on any atom is -0.462 e. The van der Waals surface area contributed by atoms with Crippen molar-refractivity contribution in [3.05, 3.63) is 60.8 Å². The third-order valence-corrected chi connectivity index (χ3v) is 7.54. The number of unbranched alkanes of at least 4 members (excludes halogenated alkanes) is 11. The number of phosphoric acid groups is 1. The van der Waals surface area contributed by atoms with Gasteiger partial charge in [-0.3, -0.25) is 14.1 Å². The first-order chi connectivity index (χ1) is 22.3. The van der Waals surface area contributed by atoms with Crippen LogP contribution in [0.5, 0.6) is 0 Å². The van der Waals surface area contributed by atoms with Crippen LogP contribution in [-0.2, 0) is 28.2 Å². The van der Waals surface area contributed by atoms with E-state index in [-0.39, 0.29) is 19.4 Å². The Morgan fingerprint density at radius 1 is 0.587 bits per heavy atom.